The Bertz CT molecular complexity index is 1080. The molecule has 1 heterocycles. The van der Waals surface area contributed by atoms with Gasteiger partial charge in [0.15, 0.2) is 0 Å². The minimum absolute atomic E-state index is 0.0115. The van der Waals surface area contributed by atoms with Crippen LogP contribution in [0.25, 0.3) is 5.76 Å². The zero-order chi connectivity index (χ0) is 22.0. The number of nitrogens with zero attached hydrogens (tertiary/aromatic N) is 2. The molecule has 0 saturated carbocycles. The first-order chi connectivity index (χ1) is 14.2. The third-order valence-corrected chi connectivity index (χ3v) is 4.90. The molecule has 30 heavy (non-hydrogen) atoms. The van der Waals surface area contributed by atoms with E-state index in [1.54, 1.807) is 0 Å². The molecule has 1 amide bonds. The maximum absolute atomic E-state index is 12.8. The van der Waals surface area contributed by atoms with Crippen LogP contribution in [-0.2, 0) is 14.4 Å². The van der Waals surface area contributed by atoms with E-state index in [2.05, 4.69) is 0 Å². The van der Waals surface area contributed by atoms with Gasteiger partial charge in [0, 0.05) is 23.2 Å². The summed E-state index contributed by atoms with van der Waals surface area (Å²) in [6.07, 6.45) is -0.481. The molecule has 1 aliphatic rings. The lowest BCUT2D eigenvalue weighted by molar-refractivity contribution is -0.385. The molecule has 3 rings (SSSR count). The fourth-order valence-electron chi connectivity index (χ4n) is 3.30. The molecule has 1 atom stereocenters. The molecule has 0 radical (unpaired) electrons. The number of likely N-dealkylation sites (tertiary alicyclic amines) is 1. The van der Waals surface area contributed by atoms with E-state index in [-0.39, 0.29) is 28.9 Å². The first-order valence-electron chi connectivity index (χ1n) is 8.71. The summed E-state index contributed by atoms with van der Waals surface area (Å²) in [6.45, 7) is -0.367. The second-order valence-electron chi connectivity index (χ2n) is 6.46. The van der Waals surface area contributed by atoms with Gasteiger partial charge in [0.1, 0.15) is 5.76 Å². The maximum Gasteiger partial charge on any atom is 0.305 e. The van der Waals surface area contributed by atoms with E-state index in [9.17, 15) is 29.6 Å². The smallest absolute Gasteiger partial charge is 0.305 e. The van der Waals surface area contributed by atoms with Gasteiger partial charge >= 0.3 is 5.97 Å². The van der Waals surface area contributed by atoms with Crippen LogP contribution in [0.3, 0.4) is 0 Å². The van der Waals surface area contributed by atoms with Crippen LogP contribution in [0, 0.1) is 10.1 Å². The van der Waals surface area contributed by atoms with Crippen molar-refractivity contribution in [3.05, 3.63) is 80.4 Å². The number of amides is 1. The predicted octanol–water partition coefficient (Wildman–Crippen LogP) is 3.14. The average molecular weight is 431 g/mol. The highest BCUT2D eigenvalue weighted by Crippen LogP contribution is 2.42. The molecule has 1 saturated heterocycles. The number of carboxylic acid groups (broad SMARTS) is 1. The van der Waals surface area contributed by atoms with Crippen molar-refractivity contribution in [3.63, 3.8) is 0 Å². The van der Waals surface area contributed by atoms with Crippen molar-refractivity contribution >= 4 is 40.7 Å². The highest BCUT2D eigenvalue weighted by molar-refractivity contribution is 6.46. The molecular formula is C20H15ClN2O7. The number of ketones is 1. The third kappa shape index (κ3) is 3.87. The van der Waals surface area contributed by atoms with Crippen LogP contribution < -0.4 is 0 Å². The molecule has 0 spiro atoms. The van der Waals surface area contributed by atoms with Crippen LogP contribution in [0.2, 0.25) is 5.02 Å². The number of halogens is 1. The van der Waals surface area contributed by atoms with Crippen LogP contribution >= 0.6 is 11.6 Å². The van der Waals surface area contributed by atoms with E-state index in [1.807, 2.05) is 0 Å². The lowest BCUT2D eigenvalue weighted by Gasteiger charge is -2.24. The van der Waals surface area contributed by atoms with Crippen LogP contribution in [-0.4, -0.2) is 44.2 Å². The Morgan fingerprint density at radius 1 is 1.10 bits per heavy atom. The van der Waals surface area contributed by atoms with Gasteiger partial charge in [0.2, 0.25) is 0 Å². The third-order valence-electron chi connectivity index (χ3n) is 4.65. The second kappa shape index (κ2) is 8.34. The standard InChI is InChI=1S/C20H15ClN2O7/c21-12-7-5-11(6-8-12)18(26)16-17(13-3-1-2-4-14(13)23(29)30)22(10-9-15(24)25)20(28)19(16)27/h1-8,17,26H,9-10H2,(H,24,25)/b18-16-. The van der Waals surface area contributed by atoms with Gasteiger partial charge < -0.3 is 15.1 Å². The number of aliphatic hydroxyl groups is 1. The fourth-order valence-corrected chi connectivity index (χ4v) is 3.42. The monoisotopic (exact) mass is 430 g/mol. The Labute approximate surface area is 175 Å². The van der Waals surface area contributed by atoms with Crippen molar-refractivity contribution in [3.8, 4) is 0 Å². The van der Waals surface area contributed by atoms with E-state index < -0.39 is 40.8 Å². The Morgan fingerprint density at radius 3 is 2.33 bits per heavy atom. The Kier molecular flexibility index (Phi) is 5.84. The summed E-state index contributed by atoms with van der Waals surface area (Å²) in [5.74, 6) is -3.85. The number of carbonyl (C=O) groups is 3. The van der Waals surface area contributed by atoms with Crippen molar-refractivity contribution in [2.75, 3.05) is 6.54 Å². The summed E-state index contributed by atoms with van der Waals surface area (Å²) in [7, 11) is 0. The number of carboxylic acids is 1. The first-order valence-corrected chi connectivity index (χ1v) is 9.09. The van der Waals surface area contributed by atoms with Crippen molar-refractivity contribution in [2.45, 2.75) is 12.5 Å². The van der Waals surface area contributed by atoms with E-state index in [0.717, 1.165) is 4.90 Å². The molecule has 1 aliphatic heterocycles. The molecular weight excluding hydrogens is 416 g/mol. The van der Waals surface area contributed by atoms with E-state index in [0.29, 0.717) is 5.02 Å². The number of nitro benzene ring substituents is 1. The van der Waals surface area contributed by atoms with Gasteiger partial charge in [-0.1, -0.05) is 23.7 Å². The lowest BCUT2D eigenvalue weighted by Crippen LogP contribution is -2.32. The van der Waals surface area contributed by atoms with E-state index in [4.69, 9.17) is 16.7 Å². The minimum atomic E-state index is -1.32. The van der Waals surface area contributed by atoms with Gasteiger partial charge in [-0.25, -0.2) is 0 Å². The summed E-state index contributed by atoms with van der Waals surface area (Å²) in [6, 6.07) is 9.95. The van der Waals surface area contributed by atoms with E-state index >= 15 is 0 Å². The number of Topliss-reactive ketones (excluding diaryl/α,β-unsaturated/α-hetero) is 1. The summed E-state index contributed by atoms with van der Waals surface area (Å²) in [5, 5.41) is 31.7. The van der Waals surface area contributed by atoms with Crippen LogP contribution in [0.15, 0.2) is 54.1 Å². The number of aliphatic hydroxyl groups excluding tert-OH is 1. The number of hydrogen-bond donors (Lipinski definition) is 2. The number of nitro groups is 1. The summed E-state index contributed by atoms with van der Waals surface area (Å²) in [5.41, 5.74) is -0.560. The lowest BCUT2D eigenvalue weighted by atomic mass is 9.94. The molecule has 0 aromatic heterocycles. The number of aliphatic carboxylic acids is 1. The Hall–Kier alpha value is -3.72. The maximum atomic E-state index is 12.8. The molecule has 2 aromatic rings. The number of para-hydroxylation sites is 1. The molecule has 10 heteroatoms. The first kappa shape index (κ1) is 21.0. The van der Waals surface area contributed by atoms with Crippen molar-refractivity contribution in [2.24, 2.45) is 0 Å². The number of benzene rings is 2. The topological polar surface area (TPSA) is 138 Å². The van der Waals surface area contributed by atoms with Crippen LogP contribution in [0.1, 0.15) is 23.6 Å². The number of carbonyl (C=O) groups excluding carboxylic acids is 2. The second-order valence-corrected chi connectivity index (χ2v) is 6.90. The zero-order valence-electron chi connectivity index (χ0n) is 15.3. The molecule has 2 aromatic carbocycles. The van der Waals surface area contributed by atoms with Gasteiger partial charge in [0.25, 0.3) is 17.4 Å². The van der Waals surface area contributed by atoms with Crippen molar-refractivity contribution in [1.29, 1.82) is 0 Å². The van der Waals surface area contributed by atoms with Gasteiger partial charge in [-0.3, -0.25) is 24.5 Å². The fraction of sp³-hybridized carbons (Fsp3) is 0.150. The molecule has 1 unspecified atom stereocenters. The van der Waals surface area contributed by atoms with Gasteiger partial charge in [-0.2, -0.15) is 0 Å². The molecule has 154 valence electrons. The van der Waals surface area contributed by atoms with Gasteiger partial charge in [-0.05, 0) is 30.3 Å². The highest BCUT2D eigenvalue weighted by atomic mass is 35.5. The number of hydrogen-bond acceptors (Lipinski definition) is 6. The normalized spacial score (nSPS) is 17.9. The Morgan fingerprint density at radius 2 is 1.73 bits per heavy atom. The van der Waals surface area contributed by atoms with Crippen molar-refractivity contribution < 1.29 is 29.5 Å². The molecule has 9 nitrogen and oxygen atoms in total. The molecule has 1 fully saturated rings. The Balaban J connectivity index is 2.23. The molecule has 0 aliphatic carbocycles. The van der Waals surface area contributed by atoms with Crippen LogP contribution in [0.5, 0.6) is 0 Å². The van der Waals surface area contributed by atoms with Gasteiger partial charge in [-0.15, -0.1) is 0 Å². The summed E-state index contributed by atoms with van der Waals surface area (Å²) < 4.78 is 0. The summed E-state index contributed by atoms with van der Waals surface area (Å²) >= 11 is 5.84. The minimum Gasteiger partial charge on any atom is -0.507 e. The van der Waals surface area contributed by atoms with E-state index in [1.165, 1.54) is 48.5 Å². The van der Waals surface area contributed by atoms with Crippen molar-refractivity contribution in [1.82, 2.24) is 4.90 Å². The molecule has 0 bridgehead atoms. The SMILES string of the molecule is O=C(O)CCN1C(=O)C(=O)/C(=C(\O)c2ccc(Cl)cc2)C1c1ccccc1[N+](=O)[O-]. The zero-order valence-corrected chi connectivity index (χ0v) is 16.1. The molecule has 2 N–H and O–H groups in total. The quantitative estimate of drug-likeness (QED) is 0.236. The average Bonchev–Trinajstić information content (AvgIpc) is 2.96. The summed E-state index contributed by atoms with van der Waals surface area (Å²) in [4.78, 5) is 48.2. The van der Waals surface area contributed by atoms with Crippen LogP contribution in [0.4, 0.5) is 5.69 Å². The largest absolute Gasteiger partial charge is 0.507 e. The predicted molar refractivity (Wildman–Crippen MR) is 106 cm³/mol. The van der Waals surface area contributed by atoms with Gasteiger partial charge in [0.05, 0.1) is 28.5 Å². The number of rotatable bonds is 6. The highest BCUT2D eigenvalue weighted by Gasteiger charge is 2.48.